The van der Waals surface area contributed by atoms with Crippen molar-refractivity contribution in [3.05, 3.63) is 27.7 Å². The Morgan fingerprint density at radius 3 is 2.32 bits per heavy atom. The Morgan fingerprint density at radius 1 is 1.16 bits per heavy atom. The van der Waals surface area contributed by atoms with Gasteiger partial charge in [-0.1, -0.05) is 23.2 Å². The number of nitrogens with zero attached hydrogens (tertiary/aromatic N) is 2. The Morgan fingerprint density at radius 2 is 1.74 bits per heavy atom. The first-order chi connectivity index (χ1) is 9.04. The molecule has 1 aliphatic heterocycles. The van der Waals surface area contributed by atoms with Crippen LogP contribution >= 0.6 is 23.2 Å². The number of ether oxygens (including phenoxy) is 1. The summed E-state index contributed by atoms with van der Waals surface area (Å²) in [4.78, 5) is 16.5. The van der Waals surface area contributed by atoms with Crippen LogP contribution in [-0.2, 0) is 0 Å². The number of carbonyl (C=O) groups is 1. The summed E-state index contributed by atoms with van der Waals surface area (Å²) in [6.07, 6.45) is 0. The van der Waals surface area contributed by atoms with E-state index < -0.39 is 0 Å². The van der Waals surface area contributed by atoms with E-state index in [1.54, 1.807) is 17.0 Å². The lowest BCUT2D eigenvalue weighted by molar-refractivity contribution is 0.0661. The van der Waals surface area contributed by atoms with Crippen LogP contribution in [0.4, 0.5) is 0 Å². The number of hydrogen-bond acceptors (Lipinski definition) is 3. The van der Waals surface area contributed by atoms with Crippen molar-refractivity contribution in [1.29, 1.82) is 0 Å². The van der Waals surface area contributed by atoms with Crippen LogP contribution in [0.5, 0.6) is 5.75 Å². The Kier molecular flexibility index (Phi) is 4.55. The normalized spacial score (nSPS) is 16.5. The number of benzene rings is 1. The van der Waals surface area contributed by atoms with Gasteiger partial charge in [0.1, 0.15) is 5.56 Å². The molecule has 0 atom stereocenters. The molecule has 19 heavy (non-hydrogen) atoms. The number of likely N-dealkylation sites (N-methyl/N-ethyl adjacent to an activating group) is 1. The average molecular weight is 303 g/mol. The number of piperazine rings is 1. The second-order valence-electron chi connectivity index (χ2n) is 4.53. The third-order valence-electron chi connectivity index (χ3n) is 3.27. The topological polar surface area (TPSA) is 32.8 Å². The highest BCUT2D eigenvalue weighted by molar-refractivity contribution is 6.37. The van der Waals surface area contributed by atoms with Gasteiger partial charge in [0.05, 0.1) is 17.2 Å². The van der Waals surface area contributed by atoms with Crippen LogP contribution in [0.1, 0.15) is 10.4 Å². The average Bonchev–Trinajstić information content (AvgIpc) is 2.41. The number of rotatable bonds is 2. The molecule has 0 bridgehead atoms. The molecular formula is C13H16Cl2N2O2. The monoisotopic (exact) mass is 302 g/mol. The summed E-state index contributed by atoms with van der Waals surface area (Å²) in [5.41, 5.74) is 0.348. The highest BCUT2D eigenvalue weighted by Crippen LogP contribution is 2.34. The van der Waals surface area contributed by atoms with Gasteiger partial charge in [0.25, 0.3) is 5.91 Å². The maximum Gasteiger partial charge on any atom is 0.259 e. The molecule has 4 nitrogen and oxygen atoms in total. The van der Waals surface area contributed by atoms with Gasteiger partial charge in [0.2, 0.25) is 0 Å². The van der Waals surface area contributed by atoms with E-state index >= 15 is 0 Å². The summed E-state index contributed by atoms with van der Waals surface area (Å²) >= 11 is 12.2. The van der Waals surface area contributed by atoms with Crippen LogP contribution in [-0.4, -0.2) is 56.0 Å². The molecule has 1 aliphatic rings. The second kappa shape index (κ2) is 5.99. The van der Waals surface area contributed by atoms with Gasteiger partial charge in [-0.2, -0.15) is 0 Å². The van der Waals surface area contributed by atoms with Gasteiger partial charge >= 0.3 is 0 Å². The summed E-state index contributed by atoms with van der Waals surface area (Å²) in [6.45, 7) is 3.07. The Balaban J connectivity index is 2.31. The lowest BCUT2D eigenvalue weighted by Gasteiger charge is -2.32. The predicted molar refractivity (Wildman–Crippen MR) is 76.4 cm³/mol. The van der Waals surface area contributed by atoms with Crippen molar-refractivity contribution in [3.8, 4) is 5.75 Å². The zero-order chi connectivity index (χ0) is 14.0. The first-order valence-electron chi connectivity index (χ1n) is 6.04. The zero-order valence-corrected chi connectivity index (χ0v) is 12.5. The summed E-state index contributed by atoms with van der Waals surface area (Å²) in [5, 5.41) is 0.759. The smallest absolute Gasteiger partial charge is 0.259 e. The van der Waals surface area contributed by atoms with Gasteiger partial charge in [0.15, 0.2) is 5.75 Å². The van der Waals surface area contributed by atoms with E-state index in [-0.39, 0.29) is 5.91 Å². The summed E-state index contributed by atoms with van der Waals surface area (Å²) in [7, 11) is 3.52. The first-order valence-corrected chi connectivity index (χ1v) is 6.80. The van der Waals surface area contributed by atoms with Crippen molar-refractivity contribution in [2.45, 2.75) is 0 Å². The molecule has 1 heterocycles. The molecule has 1 amide bonds. The number of hydrogen-bond donors (Lipinski definition) is 0. The van der Waals surface area contributed by atoms with Gasteiger partial charge in [-0.15, -0.1) is 0 Å². The van der Waals surface area contributed by atoms with E-state index in [4.69, 9.17) is 27.9 Å². The fraction of sp³-hybridized carbons (Fsp3) is 0.462. The van der Waals surface area contributed by atoms with Gasteiger partial charge in [-0.25, -0.2) is 0 Å². The van der Waals surface area contributed by atoms with E-state index in [9.17, 15) is 4.79 Å². The Labute approximate surface area is 122 Å². The minimum atomic E-state index is -0.127. The van der Waals surface area contributed by atoms with Crippen molar-refractivity contribution in [2.75, 3.05) is 40.3 Å². The Bertz CT molecular complexity index is 486. The third-order valence-corrected chi connectivity index (χ3v) is 3.88. The van der Waals surface area contributed by atoms with E-state index in [2.05, 4.69) is 4.90 Å². The van der Waals surface area contributed by atoms with Gasteiger partial charge in [-0.3, -0.25) is 4.79 Å². The van der Waals surface area contributed by atoms with Crippen LogP contribution < -0.4 is 4.74 Å². The van der Waals surface area contributed by atoms with E-state index in [0.717, 1.165) is 13.1 Å². The minimum Gasteiger partial charge on any atom is -0.494 e. The summed E-state index contributed by atoms with van der Waals surface area (Å²) < 4.78 is 5.22. The fourth-order valence-electron chi connectivity index (χ4n) is 2.10. The lowest BCUT2D eigenvalue weighted by Crippen LogP contribution is -2.47. The molecule has 6 heteroatoms. The summed E-state index contributed by atoms with van der Waals surface area (Å²) in [5.74, 6) is 0.218. The van der Waals surface area contributed by atoms with Crippen LogP contribution in [0, 0.1) is 0 Å². The molecule has 2 rings (SSSR count). The van der Waals surface area contributed by atoms with Crippen molar-refractivity contribution in [1.82, 2.24) is 9.80 Å². The summed E-state index contributed by atoms with van der Waals surface area (Å²) in [6, 6.07) is 3.25. The van der Waals surface area contributed by atoms with Gasteiger partial charge in [-0.05, 0) is 19.2 Å². The molecular weight excluding hydrogens is 287 g/mol. The van der Waals surface area contributed by atoms with Crippen molar-refractivity contribution in [2.24, 2.45) is 0 Å². The molecule has 0 aromatic heterocycles. The second-order valence-corrected chi connectivity index (χ2v) is 5.35. The molecule has 0 spiro atoms. The van der Waals surface area contributed by atoms with Crippen LogP contribution in [0.3, 0.4) is 0 Å². The van der Waals surface area contributed by atoms with Crippen LogP contribution in [0.25, 0.3) is 0 Å². The van der Waals surface area contributed by atoms with Gasteiger partial charge < -0.3 is 14.5 Å². The number of carbonyl (C=O) groups excluding carboxylic acids is 1. The van der Waals surface area contributed by atoms with Crippen LogP contribution in [0.15, 0.2) is 12.1 Å². The quantitative estimate of drug-likeness (QED) is 0.841. The molecule has 0 radical (unpaired) electrons. The molecule has 104 valence electrons. The molecule has 1 aromatic carbocycles. The SMILES string of the molecule is COc1c(Cl)ccc(Cl)c1C(=O)N1CCN(C)CC1. The molecule has 0 aliphatic carbocycles. The van der Waals surface area contributed by atoms with E-state index in [0.29, 0.717) is 34.4 Å². The fourth-order valence-corrected chi connectivity index (χ4v) is 2.56. The van der Waals surface area contributed by atoms with Crippen LogP contribution in [0.2, 0.25) is 10.0 Å². The Hall–Kier alpha value is -0.970. The third kappa shape index (κ3) is 2.96. The van der Waals surface area contributed by atoms with Gasteiger partial charge in [0, 0.05) is 26.2 Å². The highest BCUT2D eigenvalue weighted by Gasteiger charge is 2.26. The lowest BCUT2D eigenvalue weighted by atomic mass is 10.1. The number of halogens is 2. The van der Waals surface area contributed by atoms with Crippen molar-refractivity contribution < 1.29 is 9.53 Å². The molecule has 1 saturated heterocycles. The highest BCUT2D eigenvalue weighted by atomic mass is 35.5. The molecule has 0 N–H and O–H groups in total. The number of amides is 1. The first kappa shape index (κ1) is 14.4. The van der Waals surface area contributed by atoms with Crippen molar-refractivity contribution >= 4 is 29.1 Å². The van der Waals surface area contributed by atoms with E-state index in [1.165, 1.54) is 7.11 Å². The standard InChI is InChI=1S/C13H16Cl2N2O2/c1-16-5-7-17(8-6-16)13(18)11-9(14)3-4-10(15)12(11)19-2/h3-4H,5-8H2,1-2H3. The molecule has 1 fully saturated rings. The number of methoxy groups -OCH3 is 1. The molecule has 0 saturated carbocycles. The maximum atomic E-state index is 12.5. The largest absolute Gasteiger partial charge is 0.494 e. The molecule has 0 unspecified atom stereocenters. The maximum absolute atomic E-state index is 12.5. The van der Waals surface area contributed by atoms with Crippen molar-refractivity contribution in [3.63, 3.8) is 0 Å². The predicted octanol–water partition coefficient (Wildman–Crippen LogP) is 2.39. The zero-order valence-electron chi connectivity index (χ0n) is 10.9. The van der Waals surface area contributed by atoms with E-state index in [1.807, 2.05) is 7.05 Å². The minimum absolute atomic E-state index is 0.127. The molecule has 1 aromatic rings.